The molecule has 182 valence electrons. The van der Waals surface area contributed by atoms with Crippen molar-refractivity contribution in [2.75, 3.05) is 7.05 Å². The molecule has 5 aliphatic carbocycles. The molecule has 5 unspecified atom stereocenters. The molecule has 0 radical (unpaired) electrons. The third kappa shape index (κ3) is 2.66. The van der Waals surface area contributed by atoms with Gasteiger partial charge in [-0.15, -0.1) is 0 Å². The largest absolute Gasteiger partial charge is 0.393 e. The van der Waals surface area contributed by atoms with E-state index < -0.39 is 0 Å². The van der Waals surface area contributed by atoms with E-state index in [4.69, 9.17) is 0 Å². The van der Waals surface area contributed by atoms with Gasteiger partial charge in [0.2, 0.25) is 0 Å². The lowest BCUT2D eigenvalue weighted by atomic mass is 9.32. The first-order chi connectivity index (χ1) is 14.9. The normalized spacial score (nSPS) is 56.5. The molecule has 0 aromatic carbocycles. The number of aliphatic hydroxyl groups is 1. The average Bonchev–Trinajstić information content (AvgIpc) is 3.12. The summed E-state index contributed by atoms with van der Waals surface area (Å²) in [6.45, 7) is 19.6. The van der Waals surface area contributed by atoms with Crippen LogP contribution < -0.4 is 5.32 Å². The van der Waals surface area contributed by atoms with Crippen molar-refractivity contribution >= 4 is 0 Å². The van der Waals surface area contributed by atoms with E-state index in [1.54, 1.807) is 0 Å². The minimum atomic E-state index is -0.127. The topological polar surface area (TPSA) is 32.3 Å². The smallest absolute Gasteiger partial charge is 0.0594 e. The molecule has 0 spiro atoms. The van der Waals surface area contributed by atoms with Crippen molar-refractivity contribution in [2.45, 2.75) is 117 Å². The van der Waals surface area contributed by atoms with Gasteiger partial charge in [-0.2, -0.15) is 0 Å². The first kappa shape index (κ1) is 23.4. The minimum absolute atomic E-state index is 0.0520. The van der Waals surface area contributed by atoms with Gasteiger partial charge in [0.25, 0.3) is 0 Å². The number of allylic oxidation sites excluding steroid dienone is 1. The second kappa shape index (κ2) is 7.09. The Labute approximate surface area is 198 Å². The molecule has 0 aromatic heterocycles. The third-order valence-corrected chi connectivity index (χ3v) is 13.5. The van der Waals surface area contributed by atoms with Crippen molar-refractivity contribution in [1.29, 1.82) is 0 Å². The van der Waals surface area contributed by atoms with Crippen LogP contribution in [0.1, 0.15) is 106 Å². The highest BCUT2D eigenvalue weighted by atomic mass is 16.3. The summed E-state index contributed by atoms with van der Waals surface area (Å²) < 4.78 is 0. The molecule has 32 heavy (non-hydrogen) atoms. The predicted molar refractivity (Wildman–Crippen MR) is 134 cm³/mol. The van der Waals surface area contributed by atoms with Crippen LogP contribution in [0.3, 0.4) is 0 Å². The average molecular weight is 442 g/mol. The Kier molecular flexibility index (Phi) is 5.19. The summed E-state index contributed by atoms with van der Waals surface area (Å²) in [7, 11) is 2.24. The summed E-state index contributed by atoms with van der Waals surface area (Å²) in [6.07, 6.45) is 13.0. The number of aliphatic hydroxyl groups excluding tert-OH is 1. The minimum Gasteiger partial charge on any atom is -0.393 e. The van der Waals surface area contributed by atoms with Gasteiger partial charge < -0.3 is 10.4 Å². The van der Waals surface area contributed by atoms with Gasteiger partial charge in [0.15, 0.2) is 0 Å². The Morgan fingerprint density at radius 1 is 0.812 bits per heavy atom. The number of rotatable bonds is 2. The summed E-state index contributed by atoms with van der Waals surface area (Å²) >= 11 is 0. The molecule has 2 heteroatoms. The first-order valence-corrected chi connectivity index (χ1v) is 13.9. The van der Waals surface area contributed by atoms with E-state index in [9.17, 15) is 5.11 Å². The molecule has 0 amide bonds. The molecule has 0 heterocycles. The highest BCUT2D eigenvalue weighted by Gasteiger charge is 2.70. The van der Waals surface area contributed by atoms with Crippen LogP contribution in [0.4, 0.5) is 0 Å². The van der Waals surface area contributed by atoms with Gasteiger partial charge >= 0.3 is 0 Å². The van der Waals surface area contributed by atoms with Crippen LogP contribution in [0.5, 0.6) is 0 Å². The highest BCUT2D eigenvalue weighted by Crippen LogP contribution is 2.76. The van der Waals surface area contributed by atoms with Crippen LogP contribution >= 0.6 is 0 Å². The SMILES string of the molecule is C=C(C)C1CC[C@]2(NC)CC[C@]3(C)C(CCC4[C@@]5(C)CC[C@H](O)C(C)(C)C5CC[C@]43C)C12. The molecule has 2 nitrogen and oxygen atoms in total. The van der Waals surface area contributed by atoms with Gasteiger partial charge in [0.1, 0.15) is 0 Å². The maximum atomic E-state index is 10.9. The van der Waals surface area contributed by atoms with E-state index in [1.807, 2.05) is 0 Å². The van der Waals surface area contributed by atoms with Gasteiger partial charge in [-0.3, -0.25) is 0 Å². The zero-order valence-corrected chi connectivity index (χ0v) is 22.2. The Hall–Kier alpha value is -0.340. The number of hydrogen-bond donors (Lipinski definition) is 2. The standard InChI is InChI=1S/C30H51NO/c1-19(2)20-11-16-30(31-8)18-17-28(6)21(25(20)30)9-10-23-27(5)14-13-24(32)26(3,4)22(27)12-15-29(23,28)7/h20-25,31-32H,1,9-18H2,2-8H3/t20?,21?,22?,23?,24-,25?,27-,28+,29+,30-/m0/s1. The van der Waals surface area contributed by atoms with Gasteiger partial charge in [0, 0.05) is 5.54 Å². The maximum Gasteiger partial charge on any atom is 0.0594 e. The van der Waals surface area contributed by atoms with E-state index >= 15 is 0 Å². The Bertz CT molecular complexity index is 788. The lowest BCUT2D eigenvalue weighted by molar-refractivity contribution is -0.243. The number of hydrogen-bond acceptors (Lipinski definition) is 2. The predicted octanol–water partition coefficient (Wildman–Crippen LogP) is 6.98. The quantitative estimate of drug-likeness (QED) is 0.453. The van der Waals surface area contributed by atoms with Crippen LogP contribution in [0.25, 0.3) is 0 Å². The van der Waals surface area contributed by atoms with Crippen LogP contribution in [-0.4, -0.2) is 23.8 Å². The molecule has 0 bridgehead atoms. The van der Waals surface area contributed by atoms with Crippen LogP contribution in [0.2, 0.25) is 0 Å². The molecule has 0 aromatic rings. The molecule has 5 rings (SSSR count). The fraction of sp³-hybridized carbons (Fsp3) is 0.933. The monoisotopic (exact) mass is 441 g/mol. The van der Waals surface area contributed by atoms with E-state index in [0.717, 1.165) is 24.2 Å². The van der Waals surface area contributed by atoms with Crippen LogP contribution in [0, 0.1) is 51.2 Å². The van der Waals surface area contributed by atoms with Crippen LogP contribution in [0.15, 0.2) is 12.2 Å². The second-order valence-corrected chi connectivity index (χ2v) is 14.5. The van der Waals surface area contributed by atoms with Crippen molar-refractivity contribution in [1.82, 2.24) is 5.32 Å². The molecule has 5 fully saturated rings. The molecule has 0 saturated heterocycles. The molecular weight excluding hydrogens is 390 g/mol. The number of nitrogens with one attached hydrogen (secondary N) is 1. The number of fused-ring (bicyclic) bond motifs is 7. The summed E-state index contributed by atoms with van der Waals surface area (Å²) in [5.74, 6) is 3.73. The fourth-order valence-corrected chi connectivity index (χ4v) is 11.6. The van der Waals surface area contributed by atoms with E-state index in [1.165, 1.54) is 63.4 Å². The Morgan fingerprint density at radius 2 is 1.53 bits per heavy atom. The molecule has 5 saturated carbocycles. The van der Waals surface area contributed by atoms with Crippen molar-refractivity contribution in [3.8, 4) is 0 Å². The van der Waals surface area contributed by atoms with E-state index in [0.29, 0.717) is 33.6 Å². The van der Waals surface area contributed by atoms with E-state index in [2.05, 4.69) is 60.5 Å². The zero-order chi connectivity index (χ0) is 23.3. The first-order valence-electron chi connectivity index (χ1n) is 13.9. The molecule has 0 aliphatic heterocycles. The van der Waals surface area contributed by atoms with Gasteiger partial charge in [0.05, 0.1) is 6.10 Å². The fourth-order valence-electron chi connectivity index (χ4n) is 11.6. The van der Waals surface area contributed by atoms with Crippen molar-refractivity contribution < 1.29 is 5.11 Å². The lowest BCUT2D eigenvalue weighted by Gasteiger charge is -2.73. The van der Waals surface area contributed by atoms with Crippen molar-refractivity contribution in [2.24, 2.45) is 51.2 Å². The van der Waals surface area contributed by atoms with Gasteiger partial charge in [-0.05, 0) is 129 Å². The van der Waals surface area contributed by atoms with Crippen molar-refractivity contribution in [3.63, 3.8) is 0 Å². The molecular formula is C30H51NO. The maximum absolute atomic E-state index is 10.9. The van der Waals surface area contributed by atoms with E-state index in [-0.39, 0.29) is 11.5 Å². The third-order valence-electron chi connectivity index (χ3n) is 13.5. The Morgan fingerprint density at radius 3 is 2.19 bits per heavy atom. The summed E-state index contributed by atoms with van der Waals surface area (Å²) in [4.78, 5) is 0. The summed E-state index contributed by atoms with van der Waals surface area (Å²) in [6, 6.07) is 0. The molecule has 2 N–H and O–H groups in total. The molecule has 10 atom stereocenters. The van der Waals surface area contributed by atoms with Crippen molar-refractivity contribution in [3.05, 3.63) is 12.2 Å². The second-order valence-electron chi connectivity index (χ2n) is 14.5. The van der Waals surface area contributed by atoms with Gasteiger partial charge in [-0.1, -0.05) is 46.8 Å². The summed E-state index contributed by atoms with van der Waals surface area (Å²) in [5, 5.41) is 14.8. The molecule has 5 aliphatic rings. The Balaban J connectivity index is 1.55. The summed E-state index contributed by atoms with van der Waals surface area (Å²) in [5.41, 5.74) is 3.05. The van der Waals surface area contributed by atoms with Gasteiger partial charge in [-0.25, -0.2) is 0 Å². The van der Waals surface area contributed by atoms with Crippen LogP contribution in [-0.2, 0) is 0 Å². The zero-order valence-electron chi connectivity index (χ0n) is 22.2. The lowest BCUT2D eigenvalue weighted by Crippen LogP contribution is -2.68. The highest BCUT2D eigenvalue weighted by molar-refractivity contribution is 5.23.